The van der Waals surface area contributed by atoms with Crippen LogP contribution < -0.4 is 10.6 Å². The number of sulfone groups is 1. The molecule has 0 saturated carbocycles. The Morgan fingerprint density at radius 2 is 1.96 bits per heavy atom. The Morgan fingerprint density at radius 3 is 2.72 bits per heavy atom. The number of halogens is 1. The Labute approximate surface area is 154 Å². The SMILES string of the molecule is CS(=O)(=O)c1cccc(C(=O)NCC2NCCc3ccccc32)c1.Cl. The molecule has 2 aromatic rings. The third-order valence-electron chi connectivity index (χ3n) is 4.21. The van der Waals surface area contributed by atoms with Crippen molar-refractivity contribution in [1.29, 1.82) is 0 Å². The zero-order chi connectivity index (χ0) is 17.2. The molecule has 1 unspecified atom stereocenters. The molecule has 2 aromatic carbocycles. The van der Waals surface area contributed by atoms with Crippen LogP contribution in [0.1, 0.15) is 27.5 Å². The summed E-state index contributed by atoms with van der Waals surface area (Å²) in [6.07, 6.45) is 2.12. The lowest BCUT2D eigenvalue weighted by Crippen LogP contribution is -2.38. The first kappa shape index (κ1) is 19.4. The van der Waals surface area contributed by atoms with Crippen molar-refractivity contribution in [2.75, 3.05) is 19.3 Å². The quantitative estimate of drug-likeness (QED) is 0.852. The van der Waals surface area contributed by atoms with Crippen molar-refractivity contribution in [2.45, 2.75) is 17.4 Å². The Morgan fingerprint density at radius 1 is 1.20 bits per heavy atom. The second-order valence-electron chi connectivity index (χ2n) is 5.97. The lowest BCUT2D eigenvalue weighted by atomic mass is 9.94. The zero-order valence-electron chi connectivity index (χ0n) is 13.9. The van der Waals surface area contributed by atoms with E-state index in [1.807, 2.05) is 12.1 Å². The second kappa shape index (κ2) is 7.99. The molecule has 1 aliphatic heterocycles. The van der Waals surface area contributed by atoms with Gasteiger partial charge in [-0.2, -0.15) is 0 Å². The van der Waals surface area contributed by atoms with Gasteiger partial charge < -0.3 is 10.6 Å². The first-order chi connectivity index (χ1) is 11.4. The molecule has 0 saturated heterocycles. The van der Waals surface area contributed by atoms with Crippen LogP contribution in [0.25, 0.3) is 0 Å². The van der Waals surface area contributed by atoms with E-state index in [1.165, 1.54) is 23.3 Å². The van der Waals surface area contributed by atoms with Gasteiger partial charge in [-0.3, -0.25) is 4.79 Å². The minimum atomic E-state index is -3.33. The highest BCUT2D eigenvalue weighted by Crippen LogP contribution is 2.22. The Kier molecular flexibility index (Phi) is 6.21. The molecule has 1 heterocycles. The highest BCUT2D eigenvalue weighted by atomic mass is 35.5. The second-order valence-corrected chi connectivity index (χ2v) is 7.98. The summed E-state index contributed by atoms with van der Waals surface area (Å²) >= 11 is 0. The van der Waals surface area contributed by atoms with Crippen LogP contribution in [0.15, 0.2) is 53.4 Å². The van der Waals surface area contributed by atoms with Crippen LogP contribution in [0.2, 0.25) is 0 Å². The monoisotopic (exact) mass is 380 g/mol. The molecule has 0 radical (unpaired) electrons. The van der Waals surface area contributed by atoms with Gasteiger partial charge in [0.25, 0.3) is 5.91 Å². The van der Waals surface area contributed by atoms with E-state index < -0.39 is 9.84 Å². The molecule has 2 N–H and O–H groups in total. The first-order valence-electron chi connectivity index (χ1n) is 7.84. The average Bonchev–Trinajstić information content (AvgIpc) is 2.59. The lowest BCUT2D eigenvalue weighted by Gasteiger charge is -2.27. The van der Waals surface area contributed by atoms with E-state index in [0.717, 1.165) is 19.2 Å². The molecular formula is C18H21ClN2O3S. The van der Waals surface area contributed by atoms with E-state index in [-0.39, 0.29) is 29.3 Å². The molecule has 1 amide bonds. The van der Waals surface area contributed by atoms with Crippen LogP contribution in [-0.2, 0) is 16.3 Å². The van der Waals surface area contributed by atoms with Crippen molar-refractivity contribution in [3.05, 3.63) is 65.2 Å². The maximum absolute atomic E-state index is 12.3. The number of hydrogen-bond acceptors (Lipinski definition) is 4. The van der Waals surface area contributed by atoms with E-state index in [2.05, 4.69) is 22.8 Å². The summed E-state index contributed by atoms with van der Waals surface area (Å²) in [5.41, 5.74) is 2.85. The summed E-state index contributed by atoms with van der Waals surface area (Å²) in [6, 6.07) is 14.4. The molecule has 5 nitrogen and oxygen atoms in total. The van der Waals surface area contributed by atoms with Gasteiger partial charge in [0.15, 0.2) is 9.84 Å². The van der Waals surface area contributed by atoms with E-state index in [4.69, 9.17) is 0 Å². The highest BCUT2D eigenvalue weighted by Gasteiger charge is 2.20. The fourth-order valence-electron chi connectivity index (χ4n) is 2.94. The van der Waals surface area contributed by atoms with Crippen LogP contribution in [-0.4, -0.2) is 33.7 Å². The molecule has 3 rings (SSSR count). The summed E-state index contributed by atoms with van der Waals surface area (Å²) in [5, 5.41) is 6.30. The zero-order valence-corrected chi connectivity index (χ0v) is 15.5. The van der Waals surface area contributed by atoms with Crippen LogP contribution in [0.3, 0.4) is 0 Å². The van der Waals surface area contributed by atoms with E-state index in [0.29, 0.717) is 12.1 Å². The fraction of sp³-hybridized carbons (Fsp3) is 0.278. The van der Waals surface area contributed by atoms with Crippen LogP contribution in [0.5, 0.6) is 0 Å². The van der Waals surface area contributed by atoms with Gasteiger partial charge >= 0.3 is 0 Å². The lowest BCUT2D eigenvalue weighted by molar-refractivity contribution is 0.0949. The normalized spacial score (nSPS) is 16.4. The molecule has 0 fully saturated rings. The Hall–Kier alpha value is -1.89. The summed E-state index contributed by atoms with van der Waals surface area (Å²) in [4.78, 5) is 12.5. The first-order valence-corrected chi connectivity index (χ1v) is 9.74. The minimum absolute atomic E-state index is 0. The van der Waals surface area contributed by atoms with Crippen molar-refractivity contribution < 1.29 is 13.2 Å². The van der Waals surface area contributed by atoms with Crippen LogP contribution in [0.4, 0.5) is 0 Å². The van der Waals surface area contributed by atoms with Crippen LogP contribution >= 0.6 is 12.4 Å². The van der Waals surface area contributed by atoms with E-state index in [9.17, 15) is 13.2 Å². The van der Waals surface area contributed by atoms with Gasteiger partial charge in [0.1, 0.15) is 0 Å². The molecule has 0 aromatic heterocycles. The number of hydrogen-bond donors (Lipinski definition) is 2. The predicted molar refractivity (Wildman–Crippen MR) is 100 cm³/mol. The molecule has 7 heteroatoms. The number of carbonyl (C=O) groups excluding carboxylic acids is 1. The van der Waals surface area contributed by atoms with Crippen molar-refractivity contribution in [2.24, 2.45) is 0 Å². The Balaban J connectivity index is 0.00000225. The van der Waals surface area contributed by atoms with E-state index >= 15 is 0 Å². The van der Waals surface area contributed by atoms with Crippen molar-refractivity contribution in [1.82, 2.24) is 10.6 Å². The van der Waals surface area contributed by atoms with Crippen molar-refractivity contribution in [3.8, 4) is 0 Å². The molecule has 134 valence electrons. The largest absolute Gasteiger partial charge is 0.350 e. The number of carbonyl (C=O) groups is 1. The minimum Gasteiger partial charge on any atom is -0.350 e. The van der Waals surface area contributed by atoms with Crippen molar-refractivity contribution in [3.63, 3.8) is 0 Å². The molecule has 1 atom stereocenters. The van der Waals surface area contributed by atoms with Crippen LogP contribution in [0, 0.1) is 0 Å². The number of rotatable bonds is 4. The topological polar surface area (TPSA) is 75.3 Å². The molecule has 0 aliphatic carbocycles. The van der Waals surface area contributed by atoms with E-state index in [1.54, 1.807) is 12.1 Å². The summed E-state index contributed by atoms with van der Waals surface area (Å²) in [5.74, 6) is -0.273. The highest BCUT2D eigenvalue weighted by molar-refractivity contribution is 7.90. The molecule has 1 aliphatic rings. The standard InChI is InChI=1S/C18H20N2O3S.ClH/c1-24(22,23)15-7-4-6-14(11-15)18(21)20-12-17-16-8-3-2-5-13(16)9-10-19-17;/h2-8,11,17,19H,9-10,12H2,1H3,(H,20,21);1H. The van der Waals surface area contributed by atoms with Gasteiger partial charge in [0, 0.05) is 24.4 Å². The van der Waals surface area contributed by atoms with Gasteiger partial charge in [-0.15, -0.1) is 12.4 Å². The Bertz CT molecular complexity index is 868. The molecule has 25 heavy (non-hydrogen) atoms. The number of fused-ring (bicyclic) bond motifs is 1. The fourth-order valence-corrected chi connectivity index (χ4v) is 3.61. The number of nitrogens with one attached hydrogen (secondary N) is 2. The third kappa shape index (κ3) is 4.60. The van der Waals surface area contributed by atoms with Gasteiger partial charge in [-0.05, 0) is 42.3 Å². The maximum Gasteiger partial charge on any atom is 0.251 e. The van der Waals surface area contributed by atoms with Gasteiger partial charge in [-0.25, -0.2) is 8.42 Å². The summed E-state index contributed by atoms with van der Waals surface area (Å²) < 4.78 is 23.2. The summed E-state index contributed by atoms with van der Waals surface area (Å²) in [7, 11) is -3.33. The van der Waals surface area contributed by atoms with Gasteiger partial charge in [-0.1, -0.05) is 30.3 Å². The third-order valence-corrected chi connectivity index (χ3v) is 5.32. The molecular weight excluding hydrogens is 360 g/mol. The predicted octanol–water partition coefficient (Wildman–Crippen LogP) is 2.13. The van der Waals surface area contributed by atoms with Gasteiger partial charge in [0.2, 0.25) is 0 Å². The average molecular weight is 381 g/mol. The summed E-state index contributed by atoms with van der Waals surface area (Å²) in [6.45, 7) is 1.33. The molecule has 0 spiro atoms. The maximum atomic E-state index is 12.3. The number of benzene rings is 2. The molecule has 0 bridgehead atoms. The van der Waals surface area contributed by atoms with Crippen molar-refractivity contribution >= 4 is 28.2 Å². The smallest absolute Gasteiger partial charge is 0.251 e. The number of amides is 1. The van der Waals surface area contributed by atoms with Gasteiger partial charge in [0.05, 0.1) is 4.90 Å².